The van der Waals surface area contributed by atoms with Crippen molar-refractivity contribution in [1.82, 2.24) is 4.57 Å². The lowest BCUT2D eigenvalue weighted by Crippen LogP contribution is -2.10. The van der Waals surface area contributed by atoms with Crippen LogP contribution in [0.5, 0.6) is 0 Å². The largest absolute Gasteiger partial charge is 0.310 e. The summed E-state index contributed by atoms with van der Waals surface area (Å²) in [6, 6.07) is 74.0. The third kappa shape index (κ3) is 5.34. The van der Waals surface area contributed by atoms with Crippen molar-refractivity contribution >= 4 is 38.9 Å². The molecule has 0 aliphatic heterocycles. The lowest BCUT2D eigenvalue weighted by molar-refractivity contribution is 1.18. The third-order valence-electron chi connectivity index (χ3n) is 9.58. The lowest BCUT2D eigenvalue weighted by atomic mass is 9.99. The molecule has 0 fully saturated rings. The molecule has 0 saturated heterocycles. The molecular formula is C48H34N2. The van der Waals surface area contributed by atoms with Gasteiger partial charge in [0.15, 0.2) is 0 Å². The summed E-state index contributed by atoms with van der Waals surface area (Å²) in [5.74, 6) is 0. The minimum atomic E-state index is 1.10. The molecule has 9 aromatic rings. The average Bonchev–Trinajstić information content (AvgIpc) is 3.53. The molecule has 236 valence electrons. The molecule has 50 heavy (non-hydrogen) atoms. The van der Waals surface area contributed by atoms with Gasteiger partial charge in [0.2, 0.25) is 0 Å². The fraction of sp³-hybridized carbons (Fsp3) is 0. The average molecular weight is 639 g/mol. The van der Waals surface area contributed by atoms with Crippen molar-refractivity contribution in [3.8, 4) is 39.1 Å². The second-order valence-corrected chi connectivity index (χ2v) is 12.6. The number of fused-ring (bicyclic) bond motifs is 3. The normalized spacial score (nSPS) is 11.2. The molecule has 1 heterocycles. The van der Waals surface area contributed by atoms with Crippen LogP contribution in [0.1, 0.15) is 0 Å². The number of aromatic nitrogens is 1. The molecule has 0 radical (unpaired) electrons. The topological polar surface area (TPSA) is 8.17 Å². The van der Waals surface area contributed by atoms with E-state index in [0.29, 0.717) is 0 Å². The molecule has 2 heteroatoms. The SMILES string of the molecule is c1ccc(-c2ccc(-c3cccc(N(c4ccccc4)c4ccc5c6c(-c7ccccc7)cccc6n(-c6ccccc6)c5c4)c3)cc2)cc1. The maximum Gasteiger partial charge on any atom is 0.0562 e. The molecule has 2 nitrogen and oxygen atoms in total. The predicted octanol–water partition coefficient (Wildman–Crippen LogP) is 13.3. The number of anilines is 3. The molecule has 9 rings (SSSR count). The van der Waals surface area contributed by atoms with Gasteiger partial charge in [0.05, 0.1) is 11.0 Å². The van der Waals surface area contributed by atoms with Crippen LogP contribution in [0, 0.1) is 0 Å². The standard InChI is InChI=1S/C48H34N2/c1-5-15-35(16-6-1)36-27-29-37(30-28-36)39-19-13-24-42(33-39)49(40-20-9-3-10-21-40)43-31-32-45-47(34-43)50(41-22-11-4-12-23-41)46-26-14-25-44(48(45)46)38-17-7-2-8-18-38/h1-34H. The molecule has 0 amide bonds. The van der Waals surface area contributed by atoms with Gasteiger partial charge >= 0.3 is 0 Å². The zero-order valence-electron chi connectivity index (χ0n) is 27.5. The van der Waals surface area contributed by atoms with Crippen LogP contribution in [0.15, 0.2) is 206 Å². The highest BCUT2D eigenvalue weighted by Gasteiger charge is 2.20. The highest BCUT2D eigenvalue weighted by molar-refractivity contribution is 6.16. The van der Waals surface area contributed by atoms with E-state index in [0.717, 1.165) is 22.7 Å². The maximum atomic E-state index is 2.41. The summed E-state index contributed by atoms with van der Waals surface area (Å²) in [7, 11) is 0. The van der Waals surface area contributed by atoms with Crippen LogP contribution in [0.2, 0.25) is 0 Å². The Labute approximate surface area is 292 Å². The highest BCUT2D eigenvalue weighted by Crippen LogP contribution is 2.43. The van der Waals surface area contributed by atoms with Crippen LogP contribution in [0.3, 0.4) is 0 Å². The zero-order chi connectivity index (χ0) is 33.3. The van der Waals surface area contributed by atoms with E-state index in [9.17, 15) is 0 Å². The second-order valence-electron chi connectivity index (χ2n) is 12.6. The second kappa shape index (κ2) is 12.8. The molecule has 0 atom stereocenters. The van der Waals surface area contributed by atoms with Crippen LogP contribution in [-0.2, 0) is 0 Å². The molecule has 0 unspecified atom stereocenters. The summed E-state index contributed by atoms with van der Waals surface area (Å²) >= 11 is 0. The summed E-state index contributed by atoms with van der Waals surface area (Å²) < 4.78 is 2.41. The van der Waals surface area contributed by atoms with E-state index in [4.69, 9.17) is 0 Å². The van der Waals surface area contributed by atoms with Crippen molar-refractivity contribution in [1.29, 1.82) is 0 Å². The lowest BCUT2D eigenvalue weighted by Gasteiger charge is -2.26. The van der Waals surface area contributed by atoms with E-state index in [1.165, 1.54) is 55.2 Å². The van der Waals surface area contributed by atoms with E-state index >= 15 is 0 Å². The molecule has 1 aromatic heterocycles. The minimum absolute atomic E-state index is 1.10. The summed E-state index contributed by atoms with van der Waals surface area (Å²) in [6.45, 7) is 0. The van der Waals surface area contributed by atoms with E-state index in [-0.39, 0.29) is 0 Å². The van der Waals surface area contributed by atoms with Gasteiger partial charge in [0.25, 0.3) is 0 Å². The Morgan fingerprint density at radius 1 is 0.320 bits per heavy atom. The molecule has 0 aliphatic rings. The van der Waals surface area contributed by atoms with E-state index < -0.39 is 0 Å². The van der Waals surface area contributed by atoms with Gasteiger partial charge in [-0.2, -0.15) is 0 Å². The van der Waals surface area contributed by atoms with Crippen molar-refractivity contribution in [3.05, 3.63) is 206 Å². The predicted molar refractivity (Wildman–Crippen MR) is 212 cm³/mol. The fourth-order valence-corrected chi connectivity index (χ4v) is 7.24. The zero-order valence-corrected chi connectivity index (χ0v) is 27.5. The van der Waals surface area contributed by atoms with Gasteiger partial charge in [-0.15, -0.1) is 0 Å². The quantitative estimate of drug-likeness (QED) is 0.169. The first-order valence-corrected chi connectivity index (χ1v) is 17.1. The number of benzene rings is 8. The molecule has 0 saturated carbocycles. The Morgan fingerprint density at radius 3 is 1.54 bits per heavy atom. The van der Waals surface area contributed by atoms with Crippen LogP contribution in [0.25, 0.3) is 60.9 Å². The Kier molecular flexibility index (Phi) is 7.53. The summed E-state index contributed by atoms with van der Waals surface area (Å²) in [6.07, 6.45) is 0. The maximum absolute atomic E-state index is 2.41. The van der Waals surface area contributed by atoms with E-state index in [1.54, 1.807) is 0 Å². The van der Waals surface area contributed by atoms with E-state index in [1.807, 2.05) is 0 Å². The van der Waals surface area contributed by atoms with Crippen molar-refractivity contribution in [2.45, 2.75) is 0 Å². The fourth-order valence-electron chi connectivity index (χ4n) is 7.24. The molecule has 0 bridgehead atoms. The number of para-hydroxylation sites is 2. The van der Waals surface area contributed by atoms with Crippen molar-refractivity contribution in [3.63, 3.8) is 0 Å². The van der Waals surface area contributed by atoms with Crippen molar-refractivity contribution in [2.75, 3.05) is 4.90 Å². The number of rotatable bonds is 7. The summed E-state index contributed by atoms with van der Waals surface area (Å²) in [4.78, 5) is 2.37. The van der Waals surface area contributed by atoms with Gasteiger partial charge < -0.3 is 9.47 Å². The molecular weight excluding hydrogens is 605 g/mol. The summed E-state index contributed by atoms with van der Waals surface area (Å²) in [5, 5.41) is 2.49. The highest BCUT2D eigenvalue weighted by atomic mass is 15.1. The Balaban J connectivity index is 1.22. The smallest absolute Gasteiger partial charge is 0.0562 e. The summed E-state index contributed by atoms with van der Waals surface area (Å²) in [5.41, 5.74) is 14.1. The van der Waals surface area contributed by atoms with Gasteiger partial charge in [-0.05, 0) is 88.0 Å². The number of nitrogens with zero attached hydrogens (tertiary/aromatic N) is 2. The molecule has 0 N–H and O–H groups in total. The van der Waals surface area contributed by atoms with Crippen molar-refractivity contribution in [2.24, 2.45) is 0 Å². The van der Waals surface area contributed by atoms with Gasteiger partial charge in [-0.3, -0.25) is 0 Å². The van der Waals surface area contributed by atoms with Crippen LogP contribution < -0.4 is 4.90 Å². The van der Waals surface area contributed by atoms with Gasteiger partial charge in [-0.25, -0.2) is 0 Å². The van der Waals surface area contributed by atoms with Gasteiger partial charge in [0, 0.05) is 33.5 Å². The Hall–Kier alpha value is -6.64. The molecule has 0 aliphatic carbocycles. The molecule has 8 aromatic carbocycles. The first-order valence-electron chi connectivity index (χ1n) is 17.1. The Morgan fingerprint density at radius 2 is 0.840 bits per heavy atom. The third-order valence-corrected chi connectivity index (χ3v) is 9.58. The van der Waals surface area contributed by atoms with Crippen LogP contribution >= 0.6 is 0 Å². The van der Waals surface area contributed by atoms with E-state index in [2.05, 4.69) is 216 Å². The molecule has 0 spiro atoms. The van der Waals surface area contributed by atoms with Gasteiger partial charge in [0.1, 0.15) is 0 Å². The first kappa shape index (κ1) is 29.5. The van der Waals surface area contributed by atoms with Crippen LogP contribution in [0.4, 0.5) is 17.1 Å². The Bertz CT molecular complexity index is 2550. The van der Waals surface area contributed by atoms with Crippen LogP contribution in [-0.4, -0.2) is 4.57 Å². The van der Waals surface area contributed by atoms with Gasteiger partial charge in [-0.1, -0.05) is 152 Å². The van der Waals surface area contributed by atoms with Crippen molar-refractivity contribution < 1.29 is 0 Å². The first-order chi connectivity index (χ1) is 24.8. The monoisotopic (exact) mass is 638 g/mol. The number of hydrogen-bond acceptors (Lipinski definition) is 1. The number of hydrogen-bond donors (Lipinski definition) is 0. The minimum Gasteiger partial charge on any atom is -0.310 e.